The van der Waals surface area contributed by atoms with Gasteiger partial charge in [0, 0.05) is 12.2 Å². The number of amides is 1. The Balaban J connectivity index is 0.00000645. The number of benzene rings is 2. The van der Waals surface area contributed by atoms with Gasteiger partial charge in [-0.05, 0) is 97.3 Å². The summed E-state index contributed by atoms with van der Waals surface area (Å²) in [4.78, 5) is 25.1. The fourth-order valence-corrected chi connectivity index (χ4v) is 6.11. The van der Waals surface area contributed by atoms with Gasteiger partial charge >= 0.3 is 18.9 Å². The fraction of sp³-hybridized carbons (Fsp3) is 0.600. The molecule has 1 saturated carbocycles. The summed E-state index contributed by atoms with van der Waals surface area (Å²) in [5.41, 5.74) is 4.32. The second-order valence-corrected chi connectivity index (χ2v) is 13.9. The Morgan fingerprint density at radius 1 is 1.05 bits per heavy atom. The average molecular weight is 604 g/mol. The Kier molecular flexibility index (Phi) is 15.9. The van der Waals surface area contributed by atoms with E-state index >= 15 is 0 Å². The third-order valence-electron chi connectivity index (χ3n) is 8.22. The van der Waals surface area contributed by atoms with E-state index in [9.17, 15) is 14.7 Å². The summed E-state index contributed by atoms with van der Waals surface area (Å²) in [5, 5.41) is 14.4. The van der Waals surface area contributed by atoms with Crippen LogP contribution in [0.15, 0.2) is 42.5 Å². The molecule has 1 N–H and O–H groups in total. The molecule has 232 valence electrons. The molecule has 1 fully saturated rings. The number of nitrogens with one attached hydrogen (secondary N) is 1. The molecule has 6 nitrogen and oxygen atoms in total. The Morgan fingerprint density at radius 2 is 1.74 bits per heavy atom. The predicted octanol–water partition coefficient (Wildman–Crippen LogP) is 3.57. The van der Waals surface area contributed by atoms with Crippen LogP contribution in [0, 0.1) is 18.3 Å². The van der Waals surface area contributed by atoms with Crippen LogP contribution in [0.1, 0.15) is 94.1 Å². The smallest absolute Gasteiger partial charge is 0.548 e. The van der Waals surface area contributed by atoms with Gasteiger partial charge in [-0.25, -0.2) is 0 Å². The number of carbonyl (C=O) groups is 2. The monoisotopic (exact) mass is 603 g/mol. The van der Waals surface area contributed by atoms with Gasteiger partial charge in [0.25, 0.3) is 5.91 Å². The molecule has 0 saturated heterocycles. The summed E-state index contributed by atoms with van der Waals surface area (Å²) in [6, 6.07) is 12.5. The Labute approximate surface area is 275 Å². The third kappa shape index (κ3) is 11.9. The van der Waals surface area contributed by atoms with Crippen molar-refractivity contribution in [2.24, 2.45) is 11.3 Å². The summed E-state index contributed by atoms with van der Waals surface area (Å²) in [6.45, 7) is 12.0. The number of carboxylic acid groups (broad SMARTS) is 1. The van der Waals surface area contributed by atoms with Gasteiger partial charge in [0.1, 0.15) is 0 Å². The SMILES string of the molecule is CSCC[C@H](NC(=O)c1ccc(COC(C)C(OCCC(C)(C)C)C2CCCCC2)cc1-c1ccccc1C)C(=O)[O-].[Li+]. The number of ether oxygens (including phenoxy) is 2. The summed E-state index contributed by atoms with van der Waals surface area (Å²) < 4.78 is 13.0. The molecule has 0 heterocycles. The zero-order chi connectivity index (χ0) is 30.7. The number of hydrogen-bond donors (Lipinski definition) is 1. The molecule has 43 heavy (non-hydrogen) atoms. The standard InChI is InChI=1S/C35H51NO5S.Li/c1-24-12-10-11-15-28(24)30-22-26(16-17-29(30)33(37)36-31(34(38)39)18-21-42-6)23-41-25(2)32(27-13-8-7-9-14-27)40-20-19-35(3,4)5;/h10-12,15-17,22,25,27,31-32H,7-9,13-14,18-21,23H2,1-6H3,(H,36,37)(H,38,39);/q;+1/p-1/t25?,31-,32?;/m0./s1. The van der Waals surface area contributed by atoms with Gasteiger partial charge in [0.05, 0.1) is 30.8 Å². The van der Waals surface area contributed by atoms with Crippen molar-refractivity contribution in [2.75, 3.05) is 18.6 Å². The van der Waals surface area contributed by atoms with Gasteiger partial charge in [-0.15, -0.1) is 0 Å². The first-order valence-electron chi connectivity index (χ1n) is 15.4. The van der Waals surface area contributed by atoms with Crippen LogP contribution in [0.3, 0.4) is 0 Å². The van der Waals surface area contributed by atoms with Gasteiger partial charge < -0.3 is 24.7 Å². The van der Waals surface area contributed by atoms with Crippen LogP contribution in [0.25, 0.3) is 11.1 Å². The largest absolute Gasteiger partial charge is 1.00 e. The summed E-state index contributed by atoms with van der Waals surface area (Å²) in [6.07, 6.45) is 9.34. The van der Waals surface area contributed by atoms with E-state index in [1.807, 2.05) is 49.6 Å². The average Bonchev–Trinajstić information content (AvgIpc) is 2.96. The van der Waals surface area contributed by atoms with Gasteiger partial charge in [0.15, 0.2) is 0 Å². The predicted molar refractivity (Wildman–Crippen MR) is 171 cm³/mol. The van der Waals surface area contributed by atoms with E-state index in [0.29, 0.717) is 30.3 Å². The van der Waals surface area contributed by atoms with Gasteiger partial charge in [-0.3, -0.25) is 4.79 Å². The molecule has 1 aliphatic rings. The van der Waals surface area contributed by atoms with E-state index < -0.39 is 17.9 Å². The second kappa shape index (κ2) is 18.3. The quantitative estimate of drug-likeness (QED) is 0.313. The zero-order valence-electron chi connectivity index (χ0n) is 27.4. The van der Waals surface area contributed by atoms with Crippen molar-refractivity contribution < 1.29 is 43.0 Å². The van der Waals surface area contributed by atoms with Gasteiger partial charge in [-0.1, -0.05) is 70.4 Å². The van der Waals surface area contributed by atoms with E-state index in [1.165, 1.54) is 43.9 Å². The van der Waals surface area contributed by atoms with Gasteiger partial charge in [-0.2, -0.15) is 11.8 Å². The molecule has 0 radical (unpaired) electrons. The van der Waals surface area contributed by atoms with Crippen molar-refractivity contribution in [2.45, 2.75) is 104 Å². The van der Waals surface area contributed by atoms with Crippen molar-refractivity contribution in [1.29, 1.82) is 0 Å². The van der Waals surface area contributed by atoms with Crippen LogP contribution in [-0.2, 0) is 20.9 Å². The molecule has 8 heteroatoms. The molecule has 2 aromatic rings. The number of aliphatic carboxylic acids is 1. The van der Waals surface area contributed by atoms with E-state index in [2.05, 4.69) is 33.0 Å². The summed E-state index contributed by atoms with van der Waals surface area (Å²) in [5.74, 6) is -0.579. The normalized spacial score (nSPS) is 16.1. The summed E-state index contributed by atoms with van der Waals surface area (Å²) in [7, 11) is 0. The number of hydrogen-bond acceptors (Lipinski definition) is 6. The Bertz CT molecular complexity index is 1160. The van der Waals surface area contributed by atoms with Crippen molar-refractivity contribution in [3.8, 4) is 11.1 Å². The molecular weight excluding hydrogens is 553 g/mol. The van der Waals surface area contributed by atoms with Crippen molar-refractivity contribution in [3.63, 3.8) is 0 Å². The van der Waals surface area contributed by atoms with E-state index in [4.69, 9.17) is 9.47 Å². The first-order valence-corrected chi connectivity index (χ1v) is 16.8. The van der Waals surface area contributed by atoms with E-state index in [-0.39, 0.29) is 36.5 Å². The second-order valence-electron chi connectivity index (χ2n) is 12.9. The van der Waals surface area contributed by atoms with Crippen LogP contribution in [-0.4, -0.2) is 48.7 Å². The van der Waals surface area contributed by atoms with Crippen LogP contribution in [0.4, 0.5) is 0 Å². The van der Waals surface area contributed by atoms with E-state index in [1.54, 1.807) is 6.07 Å². The van der Waals surface area contributed by atoms with Crippen LogP contribution in [0.5, 0.6) is 0 Å². The fourth-order valence-electron chi connectivity index (χ4n) is 5.64. The Morgan fingerprint density at radius 3 is 2.37 bits per heavy atom. The first kappa shape index (κ1) is 37.4. The molecule has 2 unspecified atom stereocenters. The third-order valence-corrected chi connectivity index (χ3v) is 8.86. The topological polar surface area (TPSA) is 87.7 Å². The van der Waals surface area contributed by atoms with Crippen LogP contribution in [0.2, 0.25) is 0 Å². The number of aryl methyl sites for hydroxylation is 1. The molecule has 3 atom stereocenters. The van der Waals surface area contributed by atoms with Crippen molar-refractivity contribution in [1.82, 2.24) is 5.32 Å². The van der Waals surface area contributed by atoms with E-state index in [0.717, 1.165) is 35.3 Å². The zero-order valence-corrected chi connectivity index (χ0v) is 28.2. The Hall–Kier alpha value is -1.75. The van der Waals surface area contributed by atoms with Crippen LogP contribution < -0.4 is 29.3 Å². The number of thioether (sulfide) groups is 1. The molecule has 0 aromatic heterocycles. The molecule has 2 aromatic carbocycles. The minimum atomic E-state index is -1.27. The number of carboxylic acids is 1. The van der Waals surface area contributed by atoms with Crippen molar-refractivity contribution in [3.05, 3.63) is 59.2 Å². The molecule has 0 aliphatic heterocycles. The number of rotatable bonds is 15. The molecule has 0 spiro atoms. The molecule has 3 rings (SSSR count). The maximum Gasteiger partial charge on any atom is 1.00 e. The molecular formula is C35H50LiNO5S. The minimum Gasteiger partial charge on any atom is -0.548 e. The first-order chi connectivity index (χ1) is 20.0. The van der Waals surface area contributed by atoms with Crippen LogP contribution >= 0.6 is 11.8 Å². The maximum absolute atomic E-state index is 13.4. The number of carbonyl (C=O) groups excluding carboxylic acids is 2. The molecule has 0 bridgehead atoms. The minimum absolute atomic E-state index is 0. The summed E-state index contributed by atoms with van der Waals surface area (Å²) >= 11 is 1.53. The molecule has 1 amide bonds. The molecule has 1 aliphatic carbocycles. The van der Waals surface area contributed by atoms with Crippen molar-refractivity contribution >= 4 is 23.6 Å². The van der Waals surface area contributed by atoms with Gasteiger partial charge in [0.2, 0.25) is 0 Å². The maximum atomic E-state index is 13.4.